The quantitative estimate of drug-likeness (QED) is 0.354. The lowest BCUT2D eigenvalue weighted by atomic mass is 9.83. The van der Waals surface area contributed by atoms with Crippen molar-refractivity contribution in [3.8, 4) is 0 Å². The number of halogens is 2. The second-order valence-electron chi connectivity index (χ2n) is 11.9. The summed E-state index contributed by atoms with van der Waals surface area (Å²) in [5.74, 6) is -0.0428. The molecule has 0 aliphatic carbocycles. The van der Waals surface area contributed by atoms with Crippen LogP contribution in [0.4, 0.5) is 17.1 Å². The fourth-order valence-corrected chi connectivity index (χ4v) is 7.70. The first-order valence-electron chi connectivity index (χ1n) is 15.0. The predicted octanol–water partition coefficient (Wildman–Crippen LogP) is 5.57. The highest BCUT2D eigenvalue weighted by molar-refractivity contribution is 7.80. The molecule has 1 amide bonds. The molecule has 7 rings (SSSR count). The molecule has 2 atom stereocenters. The average molecular weight is 655 g/mol. The number of thiocarbonyl (C=S) groups is 1. The van der Waals surface area contributed by atoms with E-state index < -0.39 is 5.79 Å². The highest BCUT2D eigenvalue weighted by atomic mass is 35.5. The van der Waals surface area contributed by atoms with Crippen LogP contribution >= 0.6 is 35.4 Å². The van der Waals surface area contributed by atoms with Crippen LogP contribution in [0.5, 0.6) is 0 Å². The van der Waals surface area contributed by atoms with Gasteiger partial charge in [-0.3, -0.25) is 9.59 Å². The van der Waals surface area contributed by atoms with Gasteiger partial charge in [0.15, 0.2) is 10.9 Å². The van der Waals surface area contributed by atoms with Crippen molar-refractivity contribution in [1.29, 1.82) is 0 Å². The minimum Gasteiger partial charge on any atom is -0.369 e. The standard InChI is InChI=1S/C32H33Cl2N5O4S/c33-23-5-6-25(24(34)16-23)35-31(44)36-26-15-21(30(41)37-10-8-32(9-11-37)42-12-13-43-32)4-7-28(26)38-17-20-14-22(19-38)27-2-1-3-29(40)39(27)18-20/h1-7,15-16,20,22H,8-14,17-19H2,(H2,35,36,44)/t20-,22+/m1/s1. The minimum absolute atomic E-state index is 0.0455. The molecular formula is C32H33Cl2N5O4S. The first-order chi connectivity index (χ1) is 21.3. The summed E-state index contributed by atoms with van der Waals surface area (Å²) in [7, 11) is 0. The fraction of sp³-hybridized carbons (Fsp3) is 0.406. The maximum Gasteiger partial charge on any atom is 0.253 e. The van der Waals surface area contributed by atoms with Crippen molar-refractivity contribution in [2.24, 2.45) is 5.92 Å². The second kappa shape index (κ2) is 12.0. The van der Waals surface area contributed by atoms with Gasteiger partial charge in [-0.25, -0.2) is 0 Å². The summed E-state index contributed by atoms with van der Waals surface area (Å²) < 4.78 is 13.6. The lowest BCUT2D eigenvalue weighted by molar-refractivity contribution is -0.181. The number of piperidine rings is 2. The van der Waals surface area contributed by atoms with Gasteiger partial charge in [0.05, 0.1) is 35.3 Å². The minimum atomic E-state index is -0.551. The lowest BCUT2D eigenvalue weighted by Gasteiger charge is -2.44. The molecule has 3 aromatic rings. The number of hydrogen-bond acceptors (Lipinski definition) is 6. The normalized spacial score (nSPS) is 22.0. The molecule has 2 aromatic carbocycles. The van der Waals surface area contributed by atoms with Gasteiger partial charge < -0.3 is 34.5 Å². The molecule has 2 bridgehead atoms. The number of likely N-dealkylation sites (tertiary alicyclic amines) is 1. The molecule has 0 saturated carbocycles. The van der Waals surface area contributed by atoms with E-state index in [-0.39, 0.29) is 17.4 Å². The molecule has 3 saturated heterocycles. The third-order valence-corrected chi connectivity index (χ3v) is 9.87. The highest BCUT2D eigenvalue weighted by Gasteiger charge is 2.41. The fourth-order valence-electron chi connectivity index (χ4n) is 7.02. The first kappa shape index (κ1) is 29.6. The topological polar surface area (TPSA) is 88.1 Å². The SMILES string of the molecule is O=C(c1ccc(N2C[C@H]3C[C@@H](C2)c2cccc(=O)n2C3)c(NC(=S)Nc2ccc(Cl)cc2Cl)c1)N1CCC2(CC1)OCCO2. The van der Waals surface area contributed by atoms with Gasteiger partial charge in [-0.15, -0.1) is 0 Å². The largest absolute Gasteiger partial charge is 0.369 e. The summed E-state index contributed by atoms with van der Waals surface area (Å²) in [6.45, 7) is 4.55. The number of anilines is 3. The van der Waals surface area contributed by atoms with Crippen molar-refractivity contribution < 1.29 is 14.3 Å². The van der Waals surface area contributed by atoms with E-state index >= 15 is 0 Å². The van der Waals surface area contributed by atoms with Crippen LogP contribution in [0, 0.1) is 5.92 Å². The van der Waals surface area contributed by atoms with Crippen LogP contribution in [0.25, 0.3) is 0 Å². The molecule has 3 fully saturated rings. The number of benzene rings is 2. The van der Waals surface area contributed by atoms with E-state index in [9.17, 15) is 9.59 Å². The average Bonchev–Trinajstić information content (AvgIpc) is 3.47. The van der Waals surface area contributed by atoms with Gasteiger partial charge >= 0.3 is 0 Å². The Morgan fingerprint density at radius 3 is 2.48 bits per heavy atom. The number of pyridine rings is 1. The van der Waals surface area contributed by atoms with Crippen molar-refractivity contribution in [2.75, 3.05) is 54.9 Å². The summed E-state index contributed by atoms with van der Waals surface area (Å²) in [6, 6.07) is 16.5. The number of fused-ring (bicyclic) bond motifs is 4. The molecule has 12 heteroatoms. The van der Waals surface area contributed by atoms with E-state index in [0.29, 0.717) is 78.0 Å². The van der Waals surface area contributed by atoms with Gasteiger partial charge in [0.2, 0.25) is 0 Å². The van der Waals surface area contributed by atoms with Crippen molar-refractivity contribution in [3.05, 3.63) is 86.3 Å². The third-order valence-electron chi connectivity index (χ3n) is 9.12. The van der Waals surface area contributed by atoms with E-state index in [1.807, 2.05) is 33.7 Å². The molecule has 230 valence electrons. The van der Waals surface area contributed by atoms with Crippen LogP contribution in [0.1, 0.15) is 41.2 Å². The van der Waals surface area contributed by atoms with Gasteiger partial charge in [0.1, 0.15) is 0 Å². The van der Waals surface area contributed by atoms with Crippen molar-refractivity contribution in [2.45, 2.75) is 37.5 Å². The number of ether oxygens (including phenoxy) is 2. The first-order valence-corrected chi connectivity index (χ1v) is 16.1. The number of carbonyl (C=O) groups excluding carboxylic acids is 1. The molecule has 5 heterocycles. The maximum atomic E-state index is 13.7. The van der Waals surface area contributed by atoms with Crippen molar-refractivity contribution in [3.63, 3.8) is 0 Å². The molecule has 44 heavy (non-hydrogen) atoms. The number of hydrogen-bond donors (Lipinski definition) is 2. The van der Waals surface area contributed by atoms with Crippen LogP contribution in [-0.2, 0) is 16.0 Å². The zero-order valence-electron chi connectivity index (χ0n) is 24.1. The van der Waals surface area contributed by atoms with E-state index in [2.05, 4.69) is 21.6 Å². The maximum absolute atomic E-state index is 13.7. The van der Waals surface area contributed by atoms with Crippen LogP contribution < -0.4 is 21.1 Å². The molecule has 4 aliphatic heterocycles. The number of carbonyl (C=O) groups is 1. The third kappa shape index (κ3) is 5.81. The van der Waals surface area contributed by atoms with Gasteiger partial charge in [-0.05, 0) is 67.0 Å². The summed E-state index contributed by atoms with van der Waals surface area (Å²) >= 11 is 18.2. The number of amides is 1. The summed E-state index contributed by atoms with van der Waals surface area (Å²) in [5.41, 5.74) is 3.99. The Labute approximate surface area is 271 Å². The van der Waals surface area contributed by atoms with Crippen LogP contribution in [0.3, 0.4) is 0 Å². The van der Waals surface area contributed by atoms with Crippen molar-refractivity contribution >= 4 is 63.5 Å². The Kier molecular flexibility index (Phi) is 8.05. The van der Waals surface area contributed by atoms with E-state index in [0.717, 1.165) is 36.6 Å². The number of aromatic nitrogens is 1. The Balaban J connectivity index is 1.16. The smallest absolute Gasteiger partial charge is 0.253 e. The molecule has 1 spiro atoms. The Hall–Kier alpha value is -3.15. The molecule has 0 radical (unpaired) electrons. The monoisotopic (exact) mass is 653 g/mol. The summed E-state index contributed by atoms with van der Waals surface area (Å²) in [5, 5.41) is 7.83. The van der Waals surface area contributed by atoms with Crippen LogP contribution in [-0.4, -0.2) is 65.7 Å². The molecular weight excluding hydrogens is 621 g/mol. The zero-order chi connectivity index (χ0) is 30.4. The Morgan fingerprint density at radius 1 is 0.932 bits per heavy atom. The highest BCUT2D eigenvalue weighted by Crippen LogP contribution is 2.40. The Morgan fingerprint density at radius 2 is 1.70 bits per heavy atom. The van der Waals surface area contributed by atoms with E-state index in [4.69, 9.17) is 44.9 Å². The summed E-state index contributed by atoms with van der Waals surface area (Å²) in [4.78, 5) is 30.5. The predicted molar refractivity (Wildman–Crippen MR) is 176 cm³/mol. The summed E-state index contributed by atoms with van der Waals surface area (Å²) in [6.07, 6.45) is 2.34. The second-order valence-corrected chi connectivity index (χ2v) is 13.2. The van der Waals surface area contributed by atoms with Gasteiger partial charge in [0.25, 0.3) is 11.5 Å². The number of rotatable bonds is 4. The lowest BCUT2D eigenvalue weighted by Crippen LogP contribution is -2.47. The molecule has 2 N–H and O–H groups in total. The van der Waals surface area contributed by atoms with Crippen LogP contribution in [0.2, 0.25) is 10.0 Å². The van der Waals surface area contributed by atoms with E-state index in [1.165, 1.54) is 0 Å². The van der Waals surface area contributed by atoms with Crippen LogP contribution in [0.15, 0.2) is 59.4 Å². The number of nitrogens with one attached hydrogen (secondary N) is 2. The van der Waals surface area contributed by atoms with Gasteiger partial charge in [0, 0.05) is 73.8 Å². The molecule has 1 aromatic heterocycles. The molecule has 9 nitrogen and oxygen atoms in total. The molecule has 0 unspecified atom stereocenters. The number of nitrogens with zero attached hydrogens (tertiary/aromatic N) is 3. The van der Waals surface area contributed by atoms with Gasteiger partial charge in [-0.1, -0.05) is 29.3 Å². The van der Waals surface area contributed by atoms with Gasteiger partial charge in [-0.2, -0.15) is 0 Å². The zero-order valence-corrected chi connectivity index (χ0v) is 26.4. The van der Waals surface area contributed by atoms with E-state index in [1.54, 1.807) is 24.3 Å². The molecule has 4 aliphatic rings. The Bertz CT molecular complexity index is 1670. The van der Waals surface area contributed by atoms with Crippen molar-refractivity contribution in [1.82, 2.24) is 9.47 Å².